The number of aryl methyl sites for hydroxylation is 2. The van der Waals surface area contributed by atoms with E-state index in [1.807, 2.05) is 18.3 Å². The van der Waals surface area contributed by atoms with Gasteiger partial charge in [-0.25, -0.2) is 0 Å². The molecule has 0 amide bonds. The van der Waals surface area contributed by atoms with Gasteiger partial charge in [-0.15, -0.1) is 0 Å². The van der Waals surface area contributed by atoms with E-state index in [0.29, 0.717) is 0 Å². The Kier molecular flexibility index (Phi) is 4.47. The van der Waals surface area contributed by atoms with Crippen LogP contribution >= 0.6 is 12.2 Å². The summed E-state index contributed by atoms with van der Waals surface area (Å²) in [6.45, 7) is 2.17. The zero-order valence-electron chi connectivity index (χ0n) is 15.0. The van der Waals surface area contributed by atoms with Crippen molar-refractivity contribution in [2.24, 2.45) is 7.05 Å². The Morgan fingerprint density at radius 3 is 2.50 bits per heavy atom. The second kappa shape index (κ2) is 6.92. The number of pyridine rings is 1. The van der Waals surface area contributed by atoms with Crippen molar-refractivity contribution in [3.05, 3.63) is 83.9 Å². The smallest absolute Gasteiger partial charge is 0.174 e. The molecule has 0 aliphatic carbocycles. The second-order valence-corrected chi connectivity index (χ2v) is 6.95. The molecule has 26 heavy (non-hydrogen) atoms. The number of anilines is 1. The van der Waals surface area contributed by atoms with Crippen LogP contribution in [0.3, 0.4) is 0 Å². The first-order valence-electron chi connectivity index (χ1n) is 8.90. The molecule has 0 unspecified atom stereocenters. The van der Waals surface area contributed by atoms with Crippen LogP contribution in [0.2, 0.25) is 0 Å². The van der Waals surface area contributed by atoms with E-state index in [1.165, 1.54) is 11.3 Å². The maximum absolute atomic E-state index is 5.73. The highest BCUT2D eigenvalue weighted by atomic mass is 32.1. The van der Waals surface area contributed by atoms with Crippen LogP contribution in [-0.4, -0.2) is 14.7 Å². The third-order valence-corrected chi connectivity index (χ3v) is 5.32. The first kappa shape index (κ1) is 16.8. The van der Waals surface area contributed by atoms with E-state index in [1.54, 1.807) is 0 Å². The Balaban J connectivity index is 1.81. The van der Waals surface area contributed by atoms with E-state index in [0.717, 1.165) is 22.9 Å². The summed E-state index contributed by atoms with van der Waals surface area (Å²) in [5, 5.41) is 4.23. The van der Waals surface area contributed by atoms with Gasteiger partial charge in [-0.05, 0) is 60.6 Å². The molecule has 1 saturated heterocycles. The Labute approximate surface area is 159 Å². The summed E-state index contributed by atoms with van der Waals surface area (Å²) in [5.74, 6) is 0. The highest BCUT2D eigenvalue weighted by Crippen LogP contribution is 2.41. The highest BCUT2D eigenvalue weighted by Gasteiger charge is 2.41. The molecule has 0 bridgehead atoms. The molecule has 1 aliphatic heterocycles. The van der Waals surface area contributed by atoms with Crippen molar-refractivity contribution in [1.29, 1.82) is 0 Å². The van der Waals surface area contributed by atoms with Gasteiger partial charge in [0, 0.05) is 30.8 Å². The van der Waals surface area contributed by atoms with Crippen LogP contribution in [-0.2, 0) is 13.5 Å². The van der Waals surface area contributed by atoms with Gasteiger partial charge >= 0.3 is 0 Å². The number of rotatable bonds is 4. The summed E-state index contributed by atoms with van der Waals surface area (Å²) >= 11 is 5.73. The van der Waals surface area contributed by atoms with E-state index < -0.39 is 0 Å². The summed E-state index contributed by atoms with van der Waals surface area (Å²) in [4.78, 5) is 6.79. The minimum Gasteiger partial charge on any atom is -0.353 e. The predicted molar refractivity (Wildman–Crippen MR) is 109 cm³/mol. The number of thiocarbonyl (C=S) groups is 1. The standard InChI is InChI=1S/C21H22N4S/c1-3-15-9-11-16(12-10-15)25-20(18-8-6-14-24(18)2)19(23-21(25)26)17-7-4-5-13-22-17/h4-14,19-20H,3H2,1-2H3,(H,23,26)/t19-,20+/m0/s1. The molecule has 1 aliphatic rings. The number of benzene rings is 1. The van der Waals surface area contributed by atoms with Crippen LogP contribution in [0.4, 0.5) is 5.69 Å². The van der Waals surface area contributed by atoms with Crippen LogP contribution in [0.5, 0.6) is 0 Å². The fourth-order valence-electron chi connectivity index (χ4n) is 3.61. The normalized spacial score (nSPS) is 19.6. The molecule has 0 saturated carbocycles. The number of nitrogens with zero attached hydrogens (tertiary/aromatic N) is 3. The van der Waals surface area contributed by atoms with Crippen LogP contribution in [0.25, 0.3) is 0 Å². The van der Waals surface area contributed by atoms with Crippen LogP contribution < -0.4 is 10.2 Å². The molecular formula is C21H22N4S. The highest BCUT2D eigenvalue weighted by molar-refractivity contribution is 7.80. The molecule has 3 heterocycles. The first-order valence-corrected chi connectivity index (χ1v) is 9.30. The number of hydrogen-bond acceptors (Lipinski definition) is 2. The second-order valence-electron chi connectivity index (χ2n) is 6.56. The van der Waals surface area contributed by atoms with E-state index in [-0.39, 0.29) is 12.1 Å². The molecule has 2 atom stereocenters. The first-order chi connectivity index (χ1) is 12.7. The van der Waals surface area contributed by atoms with Gasteiger partial charge < -0.3 is 14.8 Å². The monoisotopic (exact) mass is 362 g/mol. The van der Waals surface area contributed by atoms with Crippen molar-refractivity contribution < 1.29 is 0 Å². The quantitative estimate of drug-likeness (QED) is 0.707. The van der Waals surface area contributed by atoms with Crippen molar-refractivity contribution in [2.45, 2.75) is 25.4 Å². The summed E-state index contributed by atoms with van der Waals surface area (Å²) in [6.07, 6.45) is 4.94. The van der Waals surface area contributed by atoms with Gasteiger partial charge in [-0.1, -0.05) is 25.1 Å². The van der Waals surface area contributed by atoms with Crippen LogP contribution in [0.15, 0.2) is 67.0 Å². The van der Waals surface area contributed by atoms with Crippen molar-refractivity contribution in [3.63, 3.8) is 0 Å². The van der Waals surface area contributed by atoms with Gasteiger partial charge in [0.15, 0.2) is 5.11 Å². The molecule has 5 heteroatoms. The van der Waals surface area contributed by atoms with Crippen LogP contribution in [0, 0.1) is 0 Å². The zero-order valence-corrected chi connectivity index (χ0v) is 15.8. The molecule has 132 valence electrons. The van der Waals surface area contributed by atoms with E-state index in [2.05, 4.69) is 82.4 Å². The molecule has 3 aromatic rings. The maximum Gasteiger partial charge on any atom is 0.174 e. The van der Waals surface area contributed by atoms with Gasteiger partial charge in [-0.3, -0.25) is 4.98 Å². The minimum absolute atomic E-state index is 0.00292. The summed E-state index contributed by atoms with van der Waals surface area (Å²) < 4.78 is 2.16. The zero-order chi connectivity index (χ0) is 18.1. The molecule has 0 radical (unpaired) electrons. The van der Waals surface area contributed by atoms with E-state index >= 15 is 0 Å². The Hall–Kier alpha value is -2.66. The lowest BCUT2D eigenvalue weighted by Crippen LogP contribution is -2.30. The largest absolute Gasteiger partial charge is 0.353 e. The number of hydrogen-bond donors (Lipinski definition) is 1. The van der Waals surface area contributed by atoms with Gasteiger partial charge in [0.05, 0.1) is 11.7 Å². The third kappa shape index (κ3) is 2.88. The fourth-order valence-corrected chi connectivity index (χ4v) is 3.95. The van der Waals surface area contributed by atoms with Crippen molar-refractivity contribution in [1.82, 2.24) is 14.9 Å². The molecule has 4 nitrogen and oxygen atoms in total. The summed E-state index contributed by atoms with van der Waals surface area (Å²) in [5.41, 5.74) is 4.62. The average Bonchev–Trinajstić information content (AvgIpc) is 3.25. The summed E-state index contributed by atoms with van der Waals surface area (Å²) in [7, 11) is 2.07. The lowest BCUT2D eigenvalue weighted by Gasteiger charge is -2.28. The predicted octanol–water partition coefficient (Wildman–Crippen LogP) is 4.16. The van der Waals surface area contributed by atoms with E-state index in [4.69, 9.17) is 12.2 Å². The van der Waals surface area contributed by atoms with E-state index in [9.17, 15) is 0 Å². The molecule has 4 rings (SSSR count). The summed E-state index contributed by atoms with van der Waals surface area (Å²) in [6, 6.07) is 19.0. The topological polar surface area (TPSA) is 33.1 Å². The van der Waals surface area contributed by atoms with Gasteiger partial charge in [0.25, 0.3) is 0 Å². The maximum atomic E-state index is 5.73. The SMILES string of the molecule is CCc1ccc(N2C(=S)N[C@@H](c3ccccn3)[C@H]2c2cccn2C)cc1. The molecular weight excluding hydrogens is 340 g/mol. The molecule has 0 spiro atoms. The van der Waals surface area contributed by atoms with Gasteiger partial charge in [-0.2, -0.15) is 0 Å². The molecule has 1 aromatic carbocycles. The van der Waals surface area contributed by atoms with Crippen LogP contribution in [0.1, 0.15) is 36.0 Å². The Morgan fingerprint density at radius 2 is 1.88 bits per heavy atom. The van der Waals surface area contributed by atoms with Gasteiger partial charge in [0.2, 0.25) is 0 Å². The Morgan fingerprint density at radius 1 is 1.08 bits per heavy atom. The lowest BCUT2D eigenvalue weighted by atomic mass is 10.0. The average molecular weight is 363 g/mol. The molecule has 1 N–H and O–H groups in total. The van der Waals surface area contributed by atoms with Crippen molar-refractivity contribution in [3.8, 4) is 0 Å². The van der Waals surface area contributed by atoms with Crippen molar-refractivity contribution >= 4 is 23.0 Å². The number of nitrogens with one attached hydrogen (secondary N) is 1. The lowest BCUT2D eigenvalue weighted by molar-refractivity contribution is 0.541. The van der Waals surface area contributed by atoms with Crippen molar-refractivity contribution in [2.75, 3.05) is 4.90 Å². The van der Waals surface area contributed by atoms with Gasteiger partial charge in [0.1, 0.15) is 6.04 Å². The minimum atomic E-state index is 0.00292. The molecule has 2 aromatic heterocycles. The molecule has 1 fully saturated rings. The number of aromatic nitrogens is 2. The fraction of sp³-hybridized carbons (Fsp3) is 0.238. The Bertz CT molecular complexity index is 901. The third-order valence-electron chi connectivity index (χ3n) is 5.01.